The molecule has 0 aromatic heterocycles. The Kier molecular flexibility index (Phi) is 8.09. The van der Waals surface area contributed by atoms with Gasteiger partial charge in [0.1, 0.15) is 5.76 Å². The number of likely N-dealkylation sites (N-methyl/N-ethyl adjacent to an activating group) is 1. The van der Waals surface area contributed by atoms with Crippen molar-refractivity contribution in [3.8, 4) is 11.5 Å². The Morgan fingerprint density at radius 3 is 2.49 bits per heavy atom. The minimum atomic E-state index is -1.98. The van der Waals surface area contributed by atoms with Crippen molar-refractivity contribution in [2.75, 3.05) is 13.6 Å². The summed E-state index contributed by atoms with van der Waals surface area (Å²) in [5.74, 6) is -4.72. The lowest BCUT2D eigenvalue weighted by Crippen LogP contribution is -2.71. The molecule has 1 aromatic carbocycles. The van der Waals surface area contributed by atoms with Crippen LogP contribution in [0.2, 0.25) is 0 Å². The van der Waals surface area contributed by atoms with E-state index in [4.69, 9.17) is 19.3 Å². The van der Waals surface area contributed by atoms with Gasteiger partial charge >= 0.3 is 23.9 Å². The number of esters is 3. The summed E-state index contributed by atoms with van der Waals surface area (Å²) in [6.45, 7) is 6.61. The lowest BCUT2D eigenvalue weighted by molar-refractivity contribution is -0.177. The molecule has 1 fully saturated rings. The second-order valence-corrected chi connectivity index (χ2v) is 10.9. The monoisotopic (exact) mass is 577 g/mol. The van der Waals surface area contributed by atoms with Crippen LogP contribution in [0, 0.1) is 6.92 Å². The third-order valence-electron chi connectivity index (χ3n) is 8.46. The zero-order chi connectivity index (χ0) is 30.4. The first kappa shape index (κ1) is 30.3. The number of carboxylic acids is 1. The number of piperidine rings is 1. The van der Waals surface area contributed by atoms with E-state index in [1.807, 2.05) is 25.8 Å². The SMILES string of the molecule is Cc1ccc(O)c2c1[C@]13CCN(C)[C@H](C)[C@]1(O)CC=C(OC(=O)[C@@H](O)CC(=O)O[C@@H](C)C(=O)O[C@@H](C)C(=O)O)[C@@H]3O2. The third-order valence-corrected chi connectivity index (χ3v) is 8.46. The van der Waals surface area contributed by atoms with Gasteiger partial charge in [-0.25, -0.2) is 14.4 Å². The molecule has 1 spiro atoms. The van der Waals surface area contributed by atoms with Crippen LogP contribution in [0.3, 0.4) is 0 Å². The lowest BCUT2D eigenvalue weighted by atomic mass is 9.54. The number of phenols is 1. The molecule has 0 amide bonds. The van der Waals surface area contributed by atoms with E-state index in [1.54, 1.807) is 6.07 Å². The highest BCUT2D eigenvalue weighted by molar-refractivity contribution is 5.85. The van der Waals surface area contributed by atoms with Crippen LogP contribution in [-0.4, -0.2) is 98.9 Å². The van der Waals surface area contributed by atoms with E-state index in [9.17, 15) is 34.5 Å². The number of aliphatic hydroxyl groups is 2. The highest BCUT2D eigenvalue weighted by Gasteiger charge is 2.69. The summed E-state index contributed by atoms with van der Waals surface area (Å²) < 4.78 is 21.2. The zero-order valence-electron chi connectivity index (χ0n) is 23.4. The van der Waals surface area contributed by atoms with Crippen molar-refractivity contribution in [2.45, 2.75) is 88.4 Å². The molecule has 4 N–H and O–H groups in total. The van der Waals surface area contributed by atoms with Crippen molar-refractivity contribution in [3.05, 3.63) is 35.1 Å². The van der Waals surface area contributed by atoms with Gasteiger partial charge in [0, 0.05) is 18.0 Å². The summed E-state index contributed by atoms with van der Waals surface area (Å²) in [5.41, 5.74) is -1.01. The first-order chi connectivity index (χ1) is 19.1. The molecular formula is C28H35NO12. The number of benzene rings is 1. The van der Waals surface area contributed by atoms with Crippen molar-refractivity contribution >= 4 is 23.9 Å². The number of hydrogen-bond donors (Lipinski definition) is 4. The van der Waals surface area contributed by atoms with Crippen LogP contribution >= 0.6 is 0 Å². The number of hydrogen-bond acceptors (Lipinski definition) is 12. The van der Waals surface area contributed by atoms with E-state index in [2.05, 4.69) is 4.74 Å². The van der Waals surface area contributed by atoms with E-state index in [1.165, 1.54) is 12.1 Å². The van der Waals surface area contributed by atoms with Gasteiger partial charge in [-0.1, -0.05) is 6.07 Å². The van der Waals surface area contributed by atoms with Crippen LogP contribution < -0.4 is 4.74 Å². The van der Waals surface area contributed by atoms with E-state index >= 15 is 0 Å². The predicted octanol–water partition coefficient (Wildman–Crippen LogP) is 0.684. The molecule has 3 aliphatic rings. The molecule has 1 saturated heterocycles. The third kappa shape index (κ3) is 5.02. The highest BCUT2D eigenvalue weighted by Crippen LogP contribution is 2.62. The highest BCUT2D eigenvalue weighted by atomic mass is 16.6. The lowest BCUT2D eigenvalue weighted by Gasteiger charge is -2.58. The van der Waals surface area contributed by atoms with Gasteiger partial charge in [-0.2, -0.15) is 0 Å². The van der Waals surface area contributed by atoms with Crippen LogP contribution in [0.4, 0.5) is 0 Å². The Hall–Kier alpha value is -3.68. The molecule has 224 valence electrons. The van der Waals surface area contributed by atoms with Gasteiger partial charge < -0.3 is 44.3 Å². The number of phenolic OH excluding ortho intramolecular Hbond substituents is 1. The van der Waals surface area contributed by atoms with Crippen LogP contribution in [0.1, 0.15) is 51.2 Å². The van der Waals surface area contributed by atoms with Crippen molar-refractivity contribution in [1.29, 1.82) is 0 Å². The number of carbonyl (C=O) groups excluding carboxylic acids is 3. The number of aryl methyl sites for hydroxylation is 1. The minimum absolute atomic E-state index is 0.0263. The van der Waals surface area contributed by atoms with Gasteiger partial charge in [0.05, 0.1) is 17.4 Å². The van der Waals surface area contributed by atoms with Gasteiger partial charge in [-0.3, -0.25) is 4.79 Å². The van der Waals surface area contributed by atoms with Crippen molar-refractivity contribution in [3.63, 3.8) is 0 Å². The van der Waals surface area contributed by atoms with Crippen molar-refractivity contribution in [2.24, 2.45) is 0 Å². The van der Waals surface area contributed by atoms with Gasteiger partial charge in [0.2, 0.25) is 0 Å². The quantitative estimate of drug-likeness (QED) is 0.250. The number of rotatable bonds is 8. The molecule has 0 radical (unpaired) electrons. The number of likely N-dealkylation sites (tertiary alicyclic amines) is 1. The average Bonchev–Trinajstić information content (AvgIpc) is 3.28. The van der Waals surface area contributed by atoms with Crippen molar-refractivity contribution in [1.82, 2.24) is 4.90 Å². The molecule has 7 atom stereocenters. The van der Waals surface area contributed by atoms with Crippen LogP contribution in [-0.2, 0) is 38.8 Å². The molecule has 4 rings (SSSR count). The first-order valence-corrected chi connectivity index (χ1v) is 13.3. The number of nitrogens with zero attached hydrogens (tertiary/aromatic N) is 1. The molecular weight excluding hydrogens is 542 g/mol. The standard InChI is InChI=1S/C28H35NO12/c1-13-6-7-17(30)22-21(13)27-10-11-29(5)16(4)28(27,37)9-8-19(23(27)41-22)40-26(36)18(31)12-20(32)38-15(3)25(35)39-14(2)24(33)34/h6-8,14-16,18,23,30-31,37H,9-12H2,1-5H3,(H,33,34)/t14-,15-,16+,18-,23-,27-,28+/m0/s1. The van der Waals surface area contributed by atoms with Crippen molar-refractivity contribution < 1.29 is 58.6 Å². The Morgan fingerprint density at radius 2 is 1.83 bits per heavy atom. The summed E-state index contributed by atoms with van der Waals surface area (Å²) in [5, 5.41) is 42.1. The van der Waals surface area contributed by atoms with E-state index in [0.29, 0.717) is 18.5 Å². The zero-order valence-corrected chi connectivity index (χ0v) is 23.4. The predicted molar refractivity (Wildman–Crippen MR) is 139 cm³/mol. The number of aromatic hydroxyl groups is 1. The first-order valence-electron chi connectivity index (χ1n) is 13.3. The average molecular weight is 578 g/mol. The Bertz CT molecular complexity index is 1290. The number of aliphatic hydroxyl groups excluding tert-OH is 1. The number of carbonyl (C=O) groups is 4. The summed E-state index contributed by atoms with van der Waals surface area (Å²) in [6.07, 6.45) is -4.77. The van der Waals surface area contributed by atoms with E-state index in [0.717, 1.165) is 19.4 Å². The largest absolute Gasteiger partial charge is 0.504 e. The van der Waals surface area contributed by atoms with Crippen LogP contribution in [0.5, 0.6) is 11.5 Å². The Morgan fingerprint density at radius 1 is 1.15 bits per heavy atom. The van der Waals surface area contributed by atoms with Gasteiger partial charge in [-0.15, -0.1) is 0 Å². The summed E-state index contributed by atoms with van der Waals surface area (Å²) in [6, 6.07) is 2.90. The maximum absolute atomic E-state index is 12.9. The summed E-state index contributed by atoms with van der Waals surface area (Å²) in [7, 11) is 1.90. The molecule has 0 unspecified atom stereocenters. The maximum atomic E-state index is 12.9. The van der Waals surface area contributed by atoms with E-state index < -0.39 is 65.7 Å². The molecule has 0 bridgehead atoms. The van der Waals surface area contributed by atoms with Crippen LogP contribution in [0.15, 0.2) is 24.0 Å². The second kappa shape index (κ2) is 11.0. The number of aliphatic carboxylic acids is 1. The minimum Gasteiger partial charge on any atom is -0.504 e. The Labute approximate surface area is 236 Å². The number of carboxylic acid groups (broad SMARTS) is 1. The smallest absolute Gasteiger partial charge is 0.347 e. The maximum Gasteiger partial charge on any atom is 0.347 e. The topological polar surface area (TPSA) is 189 Å². The molecule has 13 nitrogen and oxygen atoms in total. The Balaban J connectivity index is 1.51. The van der Waals surface area contributed by atoms with Gasteiger partial charge in [0.15, 0.2) is 35.9 Å². The summed E-state index contributed by atoms with van der Waals surface area (Å²) in [4.78, 5) is 49.9. The van der Waals surface area contributed by atoms with Gasteiger partial charge in [0.25, 0.3) is 0 Å². The van der Waals surface area contributed by atoms with Crippen LogP contribution in [0.25, 0.3) is 0 Å². The second-order valence-electron chi connectivity index (χ2n) is 10.9. The fourth-order valence-electron chi connectivity index (χ4n) is 6.04. The van der Waals surface area contributed by atoms with E-state index in [-0.39, 0.29) is 29.7 Å². The van der Waals surface area contributed by atoms with Gasteiger partial charge in [-0.05, 0) is 65.4 Å². The number of ether oxygens (including phenoxy) is 4. The number of fused-ring (bicyclic) bond motifs is 1. The molecule has 13 heteroatoms. The molecule has 1 aromatic rings. The summed E-state index contributed by atoms with van der Waals surface area (Å²) >= 11 is 0. The normalized spacial score (nSPS) is 28.9. The molecule has 2 heterocycles. The molecule has 2 aliphatic heterocycles. The molecule has 1 aliphatic carbocycles. The fourth-order valence-corrected chi connectivity index (χ4v) is 6.04. The molecule has 41 heavy (non-hydrogen) atoms. The molecule has 0 saturated carbocycles. The fraction of sp³-hybridized carbons (Fsp3) is 0.571.